The third-order valence-corrected chi connectivity index (χ3v) is 5.55. The molecule has 0 aliphatic carbocycles. The van der Waals surface area contributed by atoms with Crippen LogP contribution in [0.5, 0.6) is 0 Å². The molecule has 1 heterocycles. The SMILES string of the molecule is CC(=Nc1ccc(C(C)(C)C)cc1)c1cccc(C(C)=Nc2ccc(C(C)(C)C)cc2)n1. The van der Waals surface area contributed by atoms with Crippen molar-refractivity contribution in [1.82, 2.24) is 4.98 Å². The van der Waals surface area contributed by atoms with Crippen molar-refractivity contribution >= 4 is 22.8 Å². The monoisotopic (exact) mass is 425 g/mol. The van der Waals surface area contributed by atoms with Crippen LogP contribution in [0.15, 0.2) is 76.7 Å². The molecule has 166 valence electrons. The number of pyridine rings is 1. The zero-order chi connectivity index (χ0) is 23.5. The maximum absolute atomic E-state index is 4.82. The molecule has 3 aromatic rings. The lowest BCUT2D eigenvalue weighted by molar-refractivity contribution is 0.590. The summed E-state index contributed by atoms with van der Waals surface area (Å²) < 4.78 is 0. The van der Waals surface area contributed by atoms with Crippen LogP contribution < -0.4 is 0 Å². The lowest BCUT2D eigenvalue weighted by atomic mass is 9.87. The minimum atomic E-state index is 0.136. The zero-order valence-electron chi connectivity index (χ0n) is 20.7. The van der Waals surface area contributed by atoms with Gasteiger partial charge in [0.1, 0.15) is 0 Å². The Hall–Kier alpha value is -3.07. The van der Waals surface area contributed by atoms with Crippen LogP contribution in [0.4, 0.5) is 11.4 Å². The molecule has 3 rings (SSSR count). The second-order valence-electron chi connectivity index (χ2n) is 10.4. The van der Waals surface area contributed by atoms with Gasteiger partial charge in [0, 0.05) is 0 Å². The van der Waals surface area contributed by atoms with Crippen molar-refractivity contribution in [3.8, 4) is 0 Å². The van der Waals surface area contributed by atoms with E-state index in [1.807, 2.05) is 32.0 Å². The molecule has 32 heavy (non-hydrogen) atoms. The van der Waals surface area contributed by atoms with Gasteiger partial charge in [-0.25, -0.2) is 4.98 Å². The zero-order valence-corrected chi connectivity index (χ0v) is 20.7. The first-order valence-electron chi connectivity index (χ1n) is 11.2. The highest BCUT2D eigenvalue weighted by Crippen LogP contribution is 2.26. The Labute approximate surface area is 193 Å². The summed E-state index contributed by atoms with van der Waals surface area (Å²) in [7, 11) is 0. The van der Waals surface area contributed by atoms with Crippen molar-refractivity contribution in [3.63, 3.8) is 0 Å². The molecule has 0 saturated heterocycles. The predicted octanol–water partition coefficient (Wildman–Crippen LogP) is 7.96. The van der Waals surface area contributed by atoms with Crippen LogP contribution >= 0.6 is 0 Å². The summed E-state index contributed by atoms with van der Waals surface area (Å²) in [5.41, 5.74) is 8.25. The summed E-state index contributed by atoms with van der Waals surface area (Å²) in [5.74, 6) is 0. The molecule has 0 N–H and O–H groups in total. The van der Waals surface area contributed by atoms with Gasteiger partial charge in [0.2, 0.25) is 0 Å². The molecule has 0 aliphatic heterocycles. The number of rotatable bonds is 4. The van der Waals surface area contributed by atoms with Gasteiger partial charge < -0.3 is 0 Å². The molecular formula is C29H35N3. The summed E-state index contributed by atoms with van der Waals surface area (Å²) >= 11 is 0. The molecule has 1 aromatic heterocycles. The Balaban J connectivity index is 1.82. The molecule has 0 saturated carbocycles. The minimum Gasteiger partial charge on any atom is -0.252 e. The van der Waals surface area contributed by atoms with Gasteiger partial charge in [-0.3, -0.25) is 9.98 Å². The summed E-state index contributed by atoms with van der Waals surface area (Å²) in [6.45, 7) is 17.3. The Kier molecular flexibility index (Phi) is 6.78. The summed E-state index contributed by atoms with van der Waals surface area (Å²) in [6.07, 6.45) is 0. The maximum atomic E-state index is 4.82. The van der Waals surface area contributed by atoms with Gasteiger partial charge in [-0.15, -0.1) is 0 Å². The van der Waals surface area contributed by atoms with Crippen molar-refractivity contribution in [1.29, 1.82) is 0 Å². The molecule has 0 bridgehead atoms. The van der Waals surface area contributed by atoms with Crippen LogP contribution in [0.1, 0.15) is 77.9 Å². The van der Waals surface area contributed by atoms with Gasteiger partial charge in [-0.2, -0.15) is 0 Å². The first-order chi connectivity index (χ1) is 14.9. The molecule has 0 spiro atoms. The van der Waals surface area contributed by atoms with Crippen LogP contribution in [-0.4, -0.2) is 16.4 Å². The fourth-order valence-corrected chi connectivity index (χ4v) is 3.41. The number of hydrogen-bond donors (Lipinski definition) is 0. The fourth-order valence-electron chi connectivity index (χ4n) is 3.41. The second-order valence-corrected chi connectivity index (χ2v) is 10.4. The van der Waals surface area contributed by atoms with E-state index in [1.54, 1.807) is 0 Å². The summed E-state index contributed by atoms with van der Waals surface area (Å²) in [5, 5.41) is 0. The van der Waals surface area contributed by atoms with Crippen molar-refractivity contribution < 1.29 is 0 Å². The molecule has 0 atom stereocenters. The van der Waals surface area contributed by atoms with Crippen LogP contribution in [0.25, 0.3) is 0 Å². The summed E-state index contributed by atoms with van der Waals surface area (Å²) in [6, 6.07) is 22.9. The van der Waals surface area contributed by atoms with Crippen molar-refractivity contribution in [2.45, 2.75) is 66.2 Å². The van der Waals surface area contributed by atoms with Crippen LogP contribution in [-0.2, 0) is 10.8 Å². The summed E-state index contributed by atoms with van der Waals surface area (Å²) in [4.78, 5) is 14.4. The molecule has 0 fully saturated rings. The van der Waals surface area contributed by atoms with Gasteiger partial charge in [-0.05, 0) is 72.2 Å². The van der Waals surface area contributed by atoms with Gasteiger partial charge >= 0.3 is 0 Å². The first kappa shape index (κ1) is 23.6. The van der Waals surface area contributed by atoms with Crippen LogP contribution in [0.2, 0.25) is 0 Å². The maximum Gasteiger partial charge on any atom is 0.0849 e. The van der Waals surface area contributed by atoms with E-state index in [0.717, 1.165) is 34.2 Å². The average molecular weight is 426 g/mol. The highest BCUT2D eigenvalue weighted by Gasteiger charge is 2.14. The van der Waals surface area contributed by atoms with Crippen LogP contribution in [0.3, 0.4) is 0 Å². The molecule has 2 aromatic carbocycles. The Morgan fingerprint density at radius 2 is 0.906 bits per heavy atom. The van der Waals surface area contributed by atoms with E-state index in [4.69, 9.17) is 15.0 Å². The number of nitrogens with zero attached hydrogens (tertiary/aromatic N) is 3. The lowest BCUT2D eigenvalue weighted by Gasteiger charge is -2.18. The van der Waals surface area contributed by atoms with E-state index in [9.17, 15) is 0 Å². The fraction of sp³-hybridized carbons (Fsp3) is 0.345. The Morgan fingerprint density at radius 3 is 1.22 bits per heavy atom. The van der Waals surface area contributed by atoms with Crippen LogP contribution in [0, 0.1) is 0 Å². The quantitative estimate of drug-likeness (QED) is 0.391. The van der Waals surface area contributed by atoms with E-state index in [-0.39, 0.29) is 10.8 Å². The average Bonchev–Trinajstić information content (AvgIpc) is 2.73. The van der Waals surface area contributed by atoms with E-state index >= 15 is 0 Å². The van der Waals surface area contributed by atoms with Gasteiger partial charge in [0.15, 0.2) is 0 Å². The normalized spacial score (nSPS) is 13.4. The molecule has 0 amide bonds. The predicted molar refractivity (Wildman–Crippen MR) is 138 cm³/mol. The molecule has 0 unspecified atom stereocenters. The van der Waals surface area contributed by atoms with Gasteiger partial charge in [0.05, 0.1) is 34.2 Å². The van der Waals surface area contributed by atoms with E-state index < -0.39 is 0 Å². The Morgan fingerprint density at radius 1 is 0.562 bits per heavy atom. The van der Waals surface area contributed by atoms with Gasteiger partial charge in [-0.1, -0.05) is 71.9 Å². The molecule has 3 heteroatoms. The first-order valence-corrected chi connectivity index (χ1v) is 11.2. The third-order valence-electron chi connectivity index (χ3n) is 5.55. The lowest BCUT2D eigenvalue weighted by Crippen LogP contribution is -2.10. The van der Waals surface area contributed by atoms with Gasteiger partial charge in [0.25, 0.3) is 0 Å². The highest BCUT2D eigenvalue weighted by molar-refractivity contribution is 6.02. The van der Waals surface area contributed by atoms with E-state index in [1.165, 1.54) is 11.1 Å². The molecule has 0 radical (unpaired) electrons. The van der Waals surface area contributed by atoms with E-state index in [0.29, 0.717) is 0 Å². The topological polar surface area (TPSA) is 37.6 Å². The highest BCUT2D eigenvalue weighted by atomic mass is 14.8. The van der Waals surface area contributed by atoms with Crippen molar-refractivity contribution in [2.75, 3.05) is 0 Å². The number of benzene rings is 2. The molecular weight excluding hydrogens is 390 g/mol. The number of aromatic nitrogens is 1. The van der Waals surface area contributed by atoms with E-state index in [2.05, 4.69) is 90.1 Å². The minimum absolute atomic E-state index is 0.136. The largest absolute Gasteiger partial charge is 0.252 e. The van der Waals surface area contributed by atoms with Crippen molar-refractivity contribution in [2.24, 2.45) is 9.98 Å². The molecule has 0 aliphatic rings. The second kappa shape index (κ2) is 9.20. The Bertz CT molecular complexity index is 1030. The van der Waals surface area contributed by atoms with Crippen molar-refractivity contribution in [3.05, 3.63) is 89.2 Å². The standard InChI is InChI=1S/C29H35N3/c1-20(30-24-16-12-22(13-17-24)28(3,4)5)26-10-9-11-27(32-26)21(2)31-25-18-14-23(15-19-25)29(6,7)8/h9-19H,1-8H3. The third kappa shape index (κ3) is 6.00. The number of hydrogen-bond acceptors (Lipinski definition) is 3. The molecule has 3 nitrogen and oxygen atoms in total. The number of aliphatic imine (C=N–C) groups is 2. The smallest absolute Gasteiger partial charge is 0.0849 e.